The molecule has 7 nitrogen and oxygen atoms in total. The smallest absolute Gasteiger partial charge is 1.00 e. The van der Waals surface area contributed by atoms with Crippen LogP contribution >= 0.6 is 0 Å². The summed E-state index contributed by atoms with van der Waals surface area (Å²) in [6.07, 6.45) is 0. The first-order valence-electron chi connectivity index (χ1n) is 8.81. The number of benzene rings is 2. The van der Waals surface area contributed by atoms with Crippen molar-refractivity contribution in [2.24, 2.45) is 0 Å². The van der Waals surface area contributed by atoms with E-state index in [1.807, 2.05) is 38.1 Å². The van der Waals surface area contributed by atoms with Crippen molar-refractivity contribution in [3.05, 3.63) is 59.9 Å². The zero-order chi connectivity index (χ0) is 19.8. The lowest BCUT2D eigenvalue weighted by molar-refractivity contribution is -0.00100. The Morgan fingerprint density at radius 1 is 0.767 bits per heavy atom. The third-order valence-electron chi connectivity index (χ3n) is 4.45. The van der Waals surface area contributed by atoms with Gasteiger partial charge in [0.05, 0.1) is 11.0 Å². The van der Waals surface area contributed by atoms with Gasteiger partial charge in [0.2, 0.25) is 0 Å². The molecule has 4 rings (SSSR count). The molecular weight excluding hydrogens is 423 g/mol. The van der Waals surface area contributed by atoms with Crippen LogP contribution in [-0.4, -0.2) is 16.0 Å². The van der Waals surface area contributed by atoms with Crippen molar-refractivity contribution < 1.29 is 32.5 Å². The van der Waals surface area contributed by atoms with Gasteiger partial charge < -0.3 is 46.9 Å². The van der Waals surface area contributed by atoms with E-state index in [-0.39, 0.29) is 33.7 Å². The van der Waals surface area contributed by atoms with Gasteiger partial charge in [0.25, 0.3) is 0 Å². The van der Waals surface area contributed by atoms with Crippen LogP contribution in [0.1, 0.15) is 14.2 Å². The topological polar surface area (TPSA) is 119 Å². The van der Waals surface area contributed by atoms with E-state index in [4.69, 9.17) is 11.5 Å². The lowest BCUT2D eigenvalue weighted by atomic mass is 10.1. The van der Waals surface area contributed by atoms with E-state index in [0.29, 0.717) is 22.7 Å². The summed E-state index contributed by atoms with van der Waals surface area (Å²) in [5, 5.41) is 7.22. The Balaban J connectivity index is 0.00000240. The lowest BCUT2D eigenvalue weighted by Crippen LogP contribution is -3.00. The first-order valence-corrected chi connectivity index (χ1v) is 8.81. The van der Waals surface area contributed by atoms with Gasteiger partial charge in [-0.25, -0.2) is 4.79 Å². The number of hydrogen-bond acceptors (Lipinski definition) is 5. The fourth-order valence-corrected chi connectivity index (χ4v) is 3.23. The zero-order valence-corrected chi connectivity index (χ0v) is 17.8. The van der Waals surface area contributed by atoms with Crippen LogP contribution in [0.2, 0.25) is 0 Å². The number of carbonyl (C=O) groups excluding carboxylic acids is 1. The summed E-state index contributed by atoms with van der Waals surface area (Å²) in [6, 6.07) is 14.1. The van der Waals surface area contributed by atoms with Gasteiger partial charge in [-0.05, 0) is 62.4 Å². The standard InChI is InChI=1S/C21H20N6O.2ClH/c1-11-7-17(22)15-9-13(3-5-19(15)24-11)26-21(28)27-14-4-6-20-16(10-14)18(23)8-12(2)25-20;;/h3-10H,1-2H3,(H2,22,24)(H2,23,25)(H2,26,27,28);2*1H. The van der Waals surface area contributed by atoms with E-state index in [1.54, 1.807) is 24.3 Å². The molecule has 0 saturated carbocycles. The van der Waals surface area contributed by atoms with Crippen molar-refractivity contribution in [3.8, 4) is 0 Å². The van der Waals surface area contributed by atoms with E-state index < -0.39 is 0 Å². The number of nitrogens with two attached hydrogens (primary N) is 2. The first kappa shape index (κ1) is 23.0. The number of nitrogens with one attached hydrogen (secondary N) is 2. The Morgan fingerprint density at radius 3 is 1.57 bits per heavy atom. The molecule has 0 unspecified atom stereocenters. The summed E-state index contributed by atoms with van der Waals surface area (Å²) in [6.45, 7) is 3.78. The molecule has 0 saturated heterocycles. The largest absolute Gasteiger partial charge is 1.00 e. The van der Waals surface area contributed by atoms with Gasteiger partial charge in [-0.2, -0.15) is 0 Å². The van der Waals surface area contributed by atoms with Gasteiger partial charge in [0.15, 0.2) is 0 Å². The van der Waals surface area contributed by atoms with Crippen LogP contribution in [0.4, 0.5) is 27.5 Å². The van der Waals surface area contributed by atoms with Gasteiger partial charge in [-0.15, -0.1) is 0 Å². The number of halogens is 2. The molecule has 0 aliphatic carbocycles. The van der Waals surface area contributed by atoms with Crippen molar-refractivity contribution in [2.75, 3.05) is 22.1 Å². The minimum atomic E-state index is -0.365. The highest BCUT2D eigenvalue weighted by Gasteiger charge is 2.08. The van der Waals surface area contributed by atoms with E-state index in [0.717, 1.165) is 33.2 Å². The summed E-state index contributed by atoms with van der Waals surface area (Å²) in [4.78, 5) is 21.3. The van der Waals surface area contributed by atoms with Gasteiger partial charge in [-0.1, -0.05) is 0 Å². The molecule has 0 spiro atoms. The second-order valence-electron chi connectivity index (χ2n) is 6.75. The highest BCUT2D eigenvalue weighted by molar-refractivity contribution is 6.03. The Bertz CT molecular complexity index is 1160. The fourth-order valence-electron chi connectivity index (χ4n) is 3.23. The maximum absolute atomic E-state index is 12.4. The first-order chi connectivity index (χ1) is 13.4. The van der Waals surface area contributed by atoms with Crippen LogP contribution in [0.25, 0.3) is 21.8 Å². The highest BCUT2D eigenvalue weighted by Crippen LogP contribution is 2.26. The monoisotopic (exact) mass is 444 g/mol. The van der Waals surface area contributed by atoms with E-state index in [9.17, 15) is 4.79 Å². The summed E-state index contributed by atoms with van der Waals surface area (Å²) >= 11 is 0. The van der Waals surface area contributed by atoms with Crippen LogP contribution in [0.5, 0.6) is 0 Å². The molecule has 2 amide bonds. The van der Waals surface area contributed by atoms with Crippen LogP contribution in [-0.2, 0) is 0 Å². The average Bonchev–Trinajstić information content (AvgIpc) is 2.62. The second-order valence-corrected chi connectivity index (χ2v) is 6.75. The maximum atomic E-state index is 12.4. The molecule has 0 aliphatic rings. The van der Waals surface area contributed by atoms with E-state index in [1.165, 1.54) is 0 Å². The molecule has 0 aliphatic heterocycles. The summed E-state index contributed by atoms with van der Waals surface area (Å²) in [5.41, 5.74) is 17.9. The van der Waals surface area contributed by atoms with Crippen LogP contribution in [0.15, 0.2) is 48.5 Å². The Morgan fingerprint density at radius 2 is 1.17 bits per heavy atom. The number of anilines is 4. The molecule has 4 aromatic rings. The SMILES string of the molecule is Cc1cc(N)c2cc(NC(=O)Nc3ccc4nc(C)cc(N)c4c3)ccc2n1.[Cl-].[Cl-].[H+].[H+]. The predicted octanol–water partition coefficient (Wildman–Crippen LogP) is -1.56. The molecule has 6 N–H and O–H groups in total. The number of amides is 2. The minimum Gasteiger partial charge on any atom is -1.00 e. The van der Waals surface area contributed by atoms with E-state index in [2.05, 4.69) is 20.6 Å². The minimum absolute atomic E-state index is 0. The van der Waals surface area contributed by atoms with Gasteiger partial charge >= 0.3 is 8.88 Å². The Labute approximate surface area is 189 Å². The van der Waals surface area contributed by atoms with Gasteiger partial charge in [-0.3, -0.25) is 9.97 Å². The Kier molecular flexibility index (Phi) is 6.92. The van der Waals surface area contributed by atoms with Crippen molar-refractivity contribution >= 4 is 50.6 Å². The molecule has 0 fully saturated rings. The molecule has 156 valence electrons. The maximum Gasteiger partial charge on any atom is 1.00 e. The fraction of sp³-hybridized carbons (Fsp3) is 0.0952. The average molecular weight is 445 g/mol. The van der Waals surface area contributed by atoms with Crippen molar-refractivity contribution in [3.63, 3.8) is 0 Å². The molecule has 0 radical (unpaired) electrons. The molecule has 0 bridgehead atoms. The van der Waals surface area contributed by atoms with Crippen molar-refractivity contribution in [1.29, 1.82) is 0 Å². The lowest BCUT2D eigenvalue weighted by Gasteiger charge is -2.11. The van der Waals surface area contributed by atoms with Gasteiger partial charge in [0.1, 0.15) is 0 Å². The predicted molar refractivity (Wildman–Crippen MR) is 117 cm³/mol. The summed E-state index contributed by atoms with van der Waals surface area (Å²) < 4.78 is 0. The van der Waals surface area contributed by atoms with Crippen LogP contribution in [0, 0.1) is 13.8 Å². The zero-order valence-electron chi connectivity index (χ0n) is 18.3. The third kappa shape index (κ3) is 4.64. The number of pyridine rings is 2. The normalized spacial score (nSPS) is 10.2. The number of nitrogens with zero attached hydrogens (tertiary/aromatic N) is 2. The molecule has 2 aromatic heterocycles. The van der Waals surface area contributed by atoms with Crippen LogP contribution < -0.4 is 46.9 Å². The number of urea groups is 1. The number of nitrogen functional groups attached to an aromatic ring is 2. The summed E-state index contributed by atoms with van der Waals surface area (Å²) in [5.74, 6) is 0. The number of aromatic nitrogens is 2. The number of carbonyl (C=O) groups is 1. The van der Waals surface area contributed by atoms with Gasteiger partial charge in [0, 0.05) is 44.9 Å². The summed E-state index contributed by atoms with van der Waals surface area (Å²) in [7, 11) is 0. The molecule has 0 atom stereocenters. The Hall–Kier alpha value is -3.29. The molecular formula is C21H22Cl2N6O. The molecule has 30 heavy (non-hydrogen) atoms. The van der Waals surface area contributed by atoms with Crippen molar-refractivity contribution in [1.82, 2.24) is 9.97 Å². The quantitative estimate of drug-likeness (QED) is 0.298. The van der Waals surface area contributed by atoms with E-state index >= 15 is 0 Å². The number of hydrogen-bond donors (Lipinski definition) is 4. The second kappa shape index (κ2) is 9.02. The number of rotatable bonds is 2. The number of aryl methyl sites for hydroxylation is 2. The third-order valence-corrected chi connectivity index (χ3v) is 4.45. The molecule has 2 heterocycles. The number of fused-ring (bicyclic) bond motifs is 2. The van der Waals surface area contributed by atoms with Crippen molar-refractivity contribution in [2.45, 2.75) is 13.8 Å². The molecule has 2 aromatic carbocycles. The highest BCUT2D eigenvalue weighted by atomic mass is 35.5. The van der Waals surface area contributed by atoms with Crippen LogP contribution in [0.3, 0.4) is 0 Å². The molecule has 9 heteroatoms.